The molecule has 0 spiro atoms. The molecule has 1 amide bonds. The van der Waals surface area contributed by atoms with Gasteiger partial charge in [-0.1, -0.05) is 24.3 Å². The molecule has 4 N–H and O–H groups in total. The van der Waals surface area contributed by atoms with Crippen molar-refractivity contribution in [2.24, 2.45) is 5.73 Å². The lowest BCUT2D eigenvalue weighted by atomic mass is 9.92. The molecule has 1 aliphatic carbocycles. The van der Waals surface area contributed by atoms with Crippen molar-refractivity contribution in [2.75, 3.05) is 5.32 Å². The van der Waals surface area contributed by atoms with Crippen LogP contribution in [0.4, 0.5) is 5.69 Å². The molecule has 2 aromatic carbocycles. The number of fused-ring (bicyclic) bond motifs is 3. The highest BCUT2D eigenvalue weighted by Gasteiger charge is 2.26. The minimum Gasteiger partial charge on any atom is -0.393 e. The molecule has 1 aliphatic heterocycles. The van der Waals surface area contributed by atoms with Crippen LogP contribution in [-0.4, -0.2) is 33.6 Å². The number of amides is 1. The van der Waals surface area contributed by atoms with Gasteiger partial charge in [0.15, 0.2) is 0 Å². The number of primary amides is 1. The van der Waals surface area contributed by atoms with E-state index in [9.17, 15) is 14.7 Å². The van der Waals surface area contributed by atoms with Crippen LogP contribution in [0.2, 0.25) is 0 Å². The Kier molecular flexibility index (Phi) is 5.02. The van der Waals surface area contributed by atoms with E-state index < -0.39 is 5.91 Å². The van der Waals surface area contributed by atoms with Gasteiger partial charge in [0, 0.05) is 34.8 Å². The number of aromatic nitrogens is 1. The van der Waals surface area contributed by atoms with E-state index >= 15 is 0 Å². The maximum Gasteiger partial charge on any atom is 0.250 e. The number of rotatable bonds is 4. The number of hydrogen-bond donors (Lipinski definition) is 3. The molecule has 0 unspecified atom stereocenters. The van der Waals surface area contributed by atoms with Crippen molar-refractivity contribution in [3.8, 4) is 11.1 Å². The summed E-state index contributed by atoms with van der Waals surface area (Å²) in [6.45, 7) is 0. The van der Waals surface area contributed by atoms with Crippen LogP contribution in [0.1, 0.15) is 59.4 Å². The number of nitrogens with two attached hydrogens (primary N) is 1. The summed E-state index contributed by atoms with van der Waals surface area (Å²) in [5.74, 6) is -0.333. The van der Waals surface area contributed by atoms with Crippen molar-refractivity contribution in [1.82, 2.24) is 4.57 Å². The van der Waals surface area contributed by atoms with Gasteiger partial charge in [0.05, 0.1) is 17.2 Å². The molecular formula is C25H27N3O3. The van der Waals surface area contributed by atoms with Crippen LogP contribution in [0, 0.1) is 0 Å². The van der Waals surface area contributed by atoms with Crippen LogP contribution in [0.3, 0.4) is 0 Å². The molecule has 0 bridgehead atoms. The Bertz CT molecular complexity index is 1170. The summed E-state index contributed by atoms with van der Waals surface area (Å²) in [4.78, 5) is 24.8. The van der Waals surface area contributed by atoms with Gasteiger partial charge < -0.3 is 16.2 Å². The summed E-state index contributed by atoms with van der Waals surface area (Å²) in [6.07, 6.45) is 5.22. The summed E-state index contributed by atoms with van der Waals surface area (Å²) in [7, 11) is 0. The van der Waals surface area contributed by atoms with Crippen LogP contribution >= 0.6 is 0 Å². The lowest BCUT2D eigenvalue weighted by Crippen LogP contribution is -2.29. The molecule has 0 saturated heterocycles. The van der Waals surface area contributed by atoms with Gasteiger partial charge in [-0.15, -0.1) is 0 Å². The maximum atomic E-state index is 12.7. The fourth-order valence-electron chi connectivity index (χ4n) is 5.13. The van der Waals surface area contributed by atoms with E-state index in [1.807, 2.05) is 34.9 Å². The molecule has 160 valence electrons. The highest BCUT2D eigenvalue weighted by molar-refractivity contribution is 6.06. The average molecular weight is 418 g/mol. The molecule has 3 aromatic rings. The second kappa shape index (κ2) is 7.85. The van der Waals surface area contributed by atoms with Crippen molar-refractivity contribution in [3.63, 3.8) is 0 Å². The number of anilines is 1. The predicted octanol–water partition coefficient (Wildman–Crippen LogP) is 4.10. The molecule has 0 radical (unpaired) electrons. The summed E-state index contributed by atoms with van der Waals surface area (Å²) >= 11 is 0. The molecular weight excluding hydrogens is 390 g/mol. The first kappa shape index (κ1) is 19.8. The normalized spacial score (nSPS) is 21.1. The number of carbonyl (C=O) groups is 2. The van der Waals surface area contributed by atoms with Crippen LogP contribution in [0.25, 0.3) is 22.0 Å². The first-order valence-electron chi connectivity index (χ1n) is 11.1. The Labute approximate surface area is 181 Å². The quantitative estimate of drug-likeness (QED) is 0.595. The molecule has 1 saturated carbocycles. The summed E-state index contributed by atoms with van der Waals surface area (Å²) in [5, 5.41) is 14.4. The molecule has 31 heavy (non-hydrogen) atoms. The molecule has 0 atom stereocenters. The van der Waals surface area contributed by atoms with Gasteiger partial charge in [-0.25, -0.2) is 0 Å². The zero-order chi connectivity index (χ0) is 21.5. The number of carbonyl (C=O) groups excluding carboxylic acids is 2. The van der Waals surface area contributed by atoms with Crippen molar-refractivity contribution in [2.45, 2.75) is 57.1 Å². The highest BCUT2D eigenvalue weighted by atomic mass is 16.3. The second-order valence-corrected chi connectivity index (χ2v) is 8.70. The van der Waals surface area contributed by atoms with Gasteiger partial charge in [-0.2, -0.15) is 0 Å². The van der Waals surface area contributed by atoms with Crippen molar-refractivity contribution < 1.29 is 14.7 Å². The fourth-order valence-corrected chi connectivity index (χ4v) is 5.13. The molecule has 6 nitrogen and oxygen atoms in total. The van der Waals surface area contributed by atoms with E-state index in [-0.39, 0.29) is 18.1 Å². The van der Waals surface area contributed by atoms with E-state index in [2.05, 4.69) is 11.4 Å². The highest BCUT2D eigenvalue weighted by Crippen LogP contribution is 2.39. The van der Waals surface area contributed by atoms with Gasteiger partial charge in [0.1, 0.15) is 0 Å². The molecule has 1 aromatic heterocycles. The predicted molar refractivity (Wildman–Crippen MR) is 121 cm³/mol. The number of hydrogen-bond acceptors (Lipinski definition) is 4. The standard InChI is InChI=1S/C25H27N3O3/c26-25(31)18-13-8-15(14-20(18)27-16-9-11-17(29)12-10-16)24-19-4-1-2-5-21(19)28-22(24)6-3-7-23(28)30/h1-2,4-5,8,13-14,16-17,27,29H,3,6-7,9-12H2,(H2,26,31)/t16-,17-. The maximum absolute atomic E-state index is 12.7. The second-order valence-electron chi connectivity index (χ2n) is 8.70. The molecule has 6 heteroatoms. The Hall–Kier alpha value is -3.12. The zero-order valence-electron chi connectivity index (χ0n) is 17.4. The van der Waals surface area contributed by atoms with E-state index in [1.165, 1.54) is 0 Å². The molecule has 2 aliphatic rings. The topological polar surface area (TPSA) is 97.4 Å². The summed E-state index contributed by atoms with van der Waals surface area (Å²) in [5.41, 5.74) is 10.9. The molecule has 5 rings (SSSR count). The third-order valence-electron chi connectivity index (χ3n) is 6.66. The first-order valence-corrected chi connectivity index (χ1v) is 11.1. The number of para-hydroxylation sites is 1. The lowest BCUT2D eigenvalue weighted by Gasteiger charge is -2.28. The van der Waals surface area contributed by atoms with E-state index in [1.54, 1.807) is 6.07 Å². The van der Waals surface area contributed by atoms with Gasteiger partial charge in [-0.3, -0.25) is 14.2 Å². The molecule has 1 fully saturated rings. The van der Waals surface area contributed by atoms with Gasteiger partial charge in [-0.05, 0) is 62.3 Å². The Morgan fingerprint density at radius 3 is 2.61 bits per heavy atom. The van der Waals surface area contributed by atoms with E-state index in [0.717, 1.165) is 71.9 Å². The van der Waals surface area contributed by atoms with Gasteiger partial charge in [0.25, 0.3) is 5.91 Å². The number of nitrogens with zero attached hydrogens (tertiary/aromatic N) is 1. The number of benzene rings is 2. The average Bonchev–Trinajstić information content (AvgIpc) is 3.11. The minimum atomic E-state index is -0.469. The Balaban J connectivity index is 1.62. The van der Waals surface area contributed by atoms with Crippen molar-refractivity contribution in [1.29, 1.82) is 0 Å². The largest absolute Gasteiger partial charge is 0.393 e. The Morgan fingerprint density at radius 1 is 1.06 bits per heavy atom. The van der Waals surface area contributed by atoms with E-state index in [4.69, 9.17) is 5.73 Å². The summed E-state index contributed by atoms with van der Waals surface area (Å²) < 4.78 is 1.87. The number of aliphatic hydroxyl groups is 1. The minimum absolute atomic E-state index is 0.136. The summed E-state index contributed by atoms with van der Waals surface area (Å²) in [6, 6.07) is 13.9. The van der Waals surface area contributed by atoms with Crippen LogP contribution in [0.15, 0.2) is 42.5 Å². The van der Waals surface area contributed by atoms with Gasteiger partial charge in [0.2, 0.25) is 5.91 Å². The van der Waals surface area contributed by atoms with E-state index in [0.29, 0.717) is 12.0 Å². The third kappa shape index (κ3) is 3.51. The zero-order valence-corrected chi connectivity index (χ0v) is 17.4. The van der Waals surface area contributed by atoms with Crippen molar-refractivity contribution in [3.05, 3.63) is 53.7 Å². The third-order valence-corrected chi connectivity index (χ3v) is 6.66. The smallest absolute Gasteiger partial charge is 0.250 e. The first-order chi connectivity index (χ1) is 15.0. The van der Waals surface area contributed by atoms with Crippen LogP contribution in [0.5, 0.6) is 0 Å². The monoisotopic (exact) mass is 417 g/mol. The molecule has 2 heterocycles. The fraction of sp³-hybridized carbons (Fsp3) is 0.360. The van der Waals surface area contributed by atoms with Crippen LogP contribution in [-0.2, 0) is 6.42 Å². The Morgan fingerprint density at radius 2 is 1.84 bits per heavy atom. The van der Waals surface area contributed by atoms with Crippen LogP contribution < -0.4 is 11.1 Å². The lowest BCUT2D eigenvalue weighted by molar-refractivity contribution is 0.0889. The number of nitrogens with one attached hydrogen (secondary N) is 1. The number of aliphatic hydroxyl groups excluding tert-OH is 1. The van der Waals surface area contributed by atoms with Gasteiger partial charge >= 0.3 is 0 Å². The van der Waals surface area contributed by atoms with Crippen molar-refractivity contribution >= 4 is 28.4 Å². The SMILES string of the molecule is NC(=O)c1ccc(-c2c3n(c4ccccc24)C(=O)CCC3)cc1N[C@H]1CC[C@H](O)CC1.